The second-order valence-electron chi connectivity index (χ2n) is 4.08. The molecule has 4 heteroatoms. The average molecular weight is 264 g/mol. The van der Waals surface area contributed by atoms with Crippen molar-refractivity contribution in [1.29, 1.82) is 0 Å². The third-order valence-electron chi connectivity index (χ3n) is 2.91. The van der Waals surface area contributed by atoms with Crippen LogP contribution in [0.15, 0.2) is 36.4 Å². The van der Waals surface area contributed by atoms with Gasteiger partial charge in [0.15, 0.2) is 0 Å². The molecule has 3 nitrogen and oxygen atoms in total. The fraction of sp³-hybridized carbons (Fsp3) is 0.214. The lowest BCUT2D eigenvalue weighted by molar-refractivity contribution is 0.0685. The third-order valence-corrected chi connectivity index (χ3v) is 3.16. The Balaban J connectivity index is 2.35. The van der Waals surface area contributed by atoms with Crippen LogP contribution in [0.4, 0.5) is 0 Å². The van der Waals surface area contributed by atoms with E-state index in [9.17, 15) is 4.79 Å². The predicted molar refractivity (Wildman–Crippen MR) is 71.3 cm³/mol. The molecular formula is C14H14ClNO2. The first-order valence-electron chi connectivity index (χ1n) is 5.78. The zero-order valence-electron chi connectivity index (χ0n) is 10.1. The fourth-order valence-electron chi connectivity index (χ4n) is 1.96. The van der Waals surface area contributed by atoms with Gasteiger partial charge in [-0.15, -0.1) is 0 Å². The predicted octanol–water partition coefficient (Wildman–Crippen LogP) is 3.45. The molecule has 0 bridgehead atoms. The van der Waals surface area contributed by atoms with Gasteiger partial charge in [0.2, 0.25) is 0 Å². The number of carbonyl (C=O) groups is 1. The number of hydrogen-bond donors (Lipinski definition) is 1. The van der Waals surface area contributed by atoms with Gasteiger partial charge in [0.05, 0.1) is 0 Å². The Bertz CT molecular complexity index is 558. The molecule has 2 rings (SSSR count). The molecule has 0 unspecified atom stereocenters. The molecule has 0 saturated heterocycles. The van der Waals surface area contributed by atoms with Crippen LogP contribution in [-0.2, 0) is 13.0 Å². The Morgan fingerprint density at radius 3 is 2.44 bits per heavy atom. The SMILES string of the molecule is CCc1ccc(C(=O)O)n1Cc1ccc(Cl)cc1. The standard InChI is InChI=1S/C14H14ClNO2/c1-2-12-7-8-13(14(17)18)16(12)9-10-3-5-11(15)6-4-10/h3-8H,2,9H2,1H3,(H,17,18). The molecule has 0 fully saturated rings. The van der Waals surface area contributed by atoms with Crippen LogP contribution < -0.4 is 0 Å². The lowest BCUT2D eigenvalue weighted by atomic mass is 10.2. The van der Waals surface area contributed by atoms with Crippen LogP contribution in [0, 0.1) is 0 Å². The molecule has 0 aliphatic heterocycles. The number of hydrogen-bond acceptors (Lipinski definition) is 1. The second-order valence-corrected chi connectivity index (χ2v) is 4.52. The van der Waals surface area contributed by atoms with E-state index in [0.29, 0.717) is 17.3 Å². The normalized spacial score (nSPS) is 10.6. The van der Waals surface area contributed by atoms with Crippen molar-refractivity contribution in [2.75, 3.05) is 0 Å². The molecule has 0 aliphatic carbocycles. The van der Waals surface area contributed by atoms with Crippen LogP contribution in [0.1, 0.15) is 28.7 Å². The molecule has 0 aliphatic rings. The van der Waals surface area contributed by atoms with E-state index in [-0.39, 0.29) is 0 Å². The summed E-state index contributed by atoms with van der Waals surface area (Å²) in [7, 11) is 0. The first-order valence-corrected chi connectivity index (χ1v) is 6.15. The number of carboxylic acid groups (broad SMARTS) is 1. The van der Waals surface area contributed by atoms with Gasteiger partial charge in [0.25, 0.3) is 0 Å². The molecule has 1 N–H and O–H groups in total. The Morgan fingerprint density at radius 1 is 1.22 bits per heavy atom. The molecule has 1 heterocycles. The van der Waals surface area contributed by atoms with Crippen LogP contribution >= 0.6 is 11.6 Å². The Hall–Kier alpha value is -1.74. The van der Waals surface area contributed by atoms with E-state index in [1.54, 1.807) is 6.07 Å². The smallest absolute Gasteiger partial charge is 0.352 e. The molecule has 0 amide bonds. The summed E-state index contributed by atoms with van der Waals surface area (Å²) in [6, 6.07) is 11.0. The number of benzene rings is 1. The van der Waals surface area contributed by atoms with E-state index in [0.717, 1.165) is 17.7 Å². The van der Waals surface area contributed by atoms with Crippen LogP contribution in [0.5, 0.6) is 0 Å². The molecular weight excluding hydrogens is 250 g/mol. The van der Waals surface area contributed by atoms with Crippen molar-refractivity contribution in [2.24, 2.45) is 0 Å². The van der Waals surface area contributed by atoms with E-state index in [4.69, 9.17) is 16.7 Å². The first-order chi connectivity index (χ1) is 8.61. The van der Waals surface area contributed by atoms with E-state index >= 15 is 0 Å². The molecule has 1 aromatic heterocycles. The monoisotopic (exact) mass is 263 g/mol. The van der Waals surface area contributed by atoms with Gasteiger partial charge in [-0.3, -0.25) is 0 Å². The van der Waals surface area contributed by atoms with Crippen LogP contribution in [-0.4, -0.2) is 15.6 Å². The molecule has 0 spiro atoms. The Morgan fingerprint density at radius 2 is 1.89 bits per heavy atom. The highest BCUT2D eigenvalue weighted by Gasteiger charge is 2.13. The van der Waals surface area contributed by atoms with Crippen molar-refractivity contribution >= 4 is 17.6 Å². The maximum absolute atomic E-state index is 11.2. The van der Waals surface area contributed by atoms with Crippen molar-refractivity contribution in [3.8, 4) is 0 Å². The summed E-state index contributed by atoms with van der Waals surface area (Å²) in [5.41, 5.74) is 2.37. The summed E-state index contributed by atoms with van der Waals surface area (Å²) in [6.07, 6.45) is 0.806. The number of halogens is 1. The second kappa shape index (κ2) is 5.27. The van der Waals surface area contributed by atoms with Crippen molar-refractivity contribution in [2.45, 2.75) is 19.9 Å². The molecule has 0 atom stereocenters. The largest absolute Gasteiger partial charge is 0.477 e. The lowest BCUT2D eigenvalue weighted by Gasteiger charge is -2.10. The molecule has 0 saturated carbocycles. The summed E-state index contributed by atoms with van der Waals surface area (Å²) < 4.78 is 1.82. The van der Waals surface area contributed by atoms with Gasteiger partial charge in [-0.05, 0) is 36.2 Å². The highest BCUT2D eigenvalue weighted by Crippen LogP contribution is 2.15. The van der Waals surface area contributed by atoms with Crippen LogP contribution in [0.25, 0.3) is 0 Å². The average Bonchev–Trinajstić information content (AvgIpc) is 2.75. The van der Waals surface area contributed by atoms with Gasteiger partial charge in [0.1, 0.15) is 5.69 Å². The Kier molecular flexibility index (Phi) is 3.72. The number of carboxylic acids is 1. The first kappa shape index (κ1) is 12.7. The minimum atomic E-state index is -0.899. The van der Waals surface area contributed by atoms with Crippen LogP contribution in [0.3, 0.4) is 0 Å². The van der Waals surface area contributed by atoms with Gasteiger partial charge in [-0.1, -0.05) is 30.7 Å². The van der Waals surface area contributed by atoms with Gasteiger partial charge in [0, 0.05) is 17.3 Å². The number of nitrogens with zero attached hydrogens (tertiary/aromatic N) is 1. The molecule has 0 radical (unpaired) electrons. The van der Waals surface area contributed by atoms with E-state index < -0.39 is 5.97 Å². The quantitative estimate of drug-likeness (QED) is 0.918. The Labute approximate surface area is 111 Å². The number of aryl methyl sites for hydroxylation is 1. The van der Waals surface area contributed by atoms with E-state index in [1.807, 2.05) is 41.8 Å². The molecule has 94 valence electrons. The fourth-order valence-corrected chi connectivity index (χ4v) is 2.09. The third kappa shape index (κ3) is 2.57. The van der Waals surface area contributed by atoms with Crippen molar-refractivity contribution in [3.63, 3.8) is 0 Å². The molecule has 18 heavy (non-hydrogen) atoms. The summed E-state index contributed by atoms with van der Waals surface area (Å²) in [5, 5.41) is 9.84. The summed E-state index contributed by atoms with van der Waals surface area (Å²) in [5.74, 6) is -0.899. The summed E-state index contributed by atoms with van der Waals surface area (Å²) in [4.78, 5) is 11.2. The summed E-state index contributed by atoms with van der Waals surface area (Å²) in [6.45, 7) is 2.56. The minimum absolute atomic E-state index is 0.321. The highest BCUT2D eigenvalue weighted by atomic mass is 35.5. The van der Waals surface area contributed by atoms with E-state index in [2.05, 4.69) is 0 Å². The van der Waals surface area contributed by atoms with Gasteiger partial charge in [-0.2, -0.15) is 0 Å². The highest BCUT2D eigenvalue weighted by molar-refractivity contribution is 6.30. The maximum atomic E-state index is 11.2. The molecule has 1 aromatic carbocycles. The van der Waals surface area contributed by atoms with Crippen LogP contribution in [0.2, 0.25) is 5.02 Å². The lowest BCUT2D eigenvalue weighted by Crippen LogP contribution is -2.11. The number of aromatic nitrogens is 1. The van der Waals surface area contributed by atoms with Crippen molar-refractivity contribution < 1.29 is 9.90 Å². The van der Waals surface area contributed by atoms with Gasteiger partial charge in [-0.25, -0.2) is 4.79 Å². The van der Waals surface area contributed by atoms with Crippen molar-refractivity contribution in [3.05, 3.63) is 58.4 Å². The molecule has 2 aromatic rings. The topological polar surface area (TPSA) is 42.2 Å². The zero-order chi connectivity index (χ0) is 13.1. The number of rotatable bonds is 4. The summed E-state index contributed by atoms with van der Waals surface area (Å²) >= 11 is 5.83. The van der Waals surface area contributed by atoms with Crippen molar-refractivity contribution in [1.82, 2.24) is 4.57 Å². The van der Waals surface area contributed by atoms with Gasteiger partial charge >= 0.3 is 5.97 Å². The van der Waals surface area contributed by atoms with Gasteiger partial charge < -0.3 is 9.67 Å². The van der Waals surface area contributed by atoms with E-state index in [1.165, 1.54) is 0 Å². The minimum Gasteiger partial charge on any atom is -0.477 e. The maximum Gasteiger partial charge on any atom is 0.352 e. The zero-order valence-corrected chi connectivity index (χ0v) is 10.8. The number of aromatic carboxylic acids is 1.